The van der Waals surface area contributed by atoms with Crippen molar-refractivity contribution in [3.05, 3.63) is 91.7 Å². The lowest BCUT2D eigenvalue weighted by molar-refractivity contribution is -0.111. The minimum absolute atomic E-state index is 0.0501. The number of anilines is 5. The molecule has 13 nitrogen and oxygen atoms in total. The summed E-state index contributed by atoms with van der Waals surface area (Å²) in [6.07, 6.45) is 7.09. The molecule has 1 amide bonds. The lowest BCUT2D eigenvalue weighted by Crippen LogP contribution is -2.44. The van der Waals surface area contributed by atoms with Crippen molar-refractivity contribution in [3.63, 3.8) is 0 Å². The summed E-state index contributed by atoms with van der Waals surface area (Å²) in [5, 5.41) is 12.5. The highest BCUT2D eigenvalue weighted by Crippen LogP contribution is 2.40. The van der Waals surface area contributed by atoms with Crippen LogP contribution in [0, 0.1) is 0 Å². The topological polar surface area (TPSA) is 125 Å². The van der Waals surface area contributed by atoms with Crippen LogP contribution in [0.1, 0.15) is 18.0 Å². The van der Waals surface area contributed by atoms with E-state index in [0.29, 0.717) is 35.4 Å². The summed E-state index contributed by atoms with van der Waals surface area (Å²) in [7, 11) is 3.73. The van der Waals surface area contributed by atoms with Gasteiger partial charge in [-0.15, -0.1) is 0 Å². The van der Waals surface area contributed by atoms with Gasteiger partial charge in [-0.05, 0) is 48.5 Å². The number of hydrogen-bond donors (Lipinski definition) is 2. The smallest absolute Gasteiger partial charge is 0.247 e. The highest BCUT2D eigenvalue weighted by atomic mass is 16.7. The van der Waals surface area contributed by atoms with Crippen molar-refractivity contribution < 1.29 is 14.4 Å². The zero-order chi connectivity index (χ0) is 32.3. The van der Waals surface area contributed by atoms with Crippen molar-refractivity contribution in [1.29, 1.82) is 0 Å². The number of likely N-dealkylation sites (N-methyl/N-ethyl adjacent to an activating group) is 1. The fourth-order valence-corrected chi connectivity index (χ4v) is 6.01. The molecule has 5 heterocycles. The molecule has 2 aliphatic heterocycles. The Labute approximate surface area is 272 Å². The molecule has 1 atom stereocenters. The number of nitrogens with one attached hydrogen (secondary N) is 2. The number of carbonyl (C=O) groups is 1. The maximum absolute atomic E-state index is 12.4. The minimum Gasteiger partial charge on any atom is -0.494 e. The van der Waals surface area contributed by atoms with E-state index in [0.717, 1.165) is 60.6 Å². The van der Waals surface area contributed by atoms with Crippen LogP contribution >= 0.6 is 0 Å². The summed E-state index contributed by atoms with van der Waals surface area (Å²) in [5.74, 6) is 1.49. The molecule has 47 heavy (non-hydrogen) atoms. The second-order valence-corrected chi connectivity index (χ2v) is 11.5. The van der Waals surface area contributed by atoms with Crippen molar-refractivity contribution in [2.45, 2.75) is 12.5 Å². The molecule has 0 spiro atoms. The minimum atomic E-state index is -0.291. The molecule has 3 aromatic heterocycles. The molecule has 0 radical (unpaired) electrons. The summed E-state index contributed by atoms with van der Waals surface area (Å²) in [6.45, 7) is 7.68. The number of ether oxygens (including phenoxy) is 1. The summed E-state index contributed by atoms with van der Waals surface area (Å²) in [6, 6.07) is 18.0. The van der Waals surface area contributed by atoms with E-state index >= 15 is 0 Å². The average molecular weight is 633 g/mol. The van der Waals surface area contributed by atoms with Crippen molar-refractivity contribution in [1.82, 2.24) is 29.5 Å². The third-order valence-electron chi connectivity index (χ3n) is 8.53. The number of aromatic nitrogens is 5. The number of benzene rings is 2. The number of carbonyl (C=O) groups excluding carboxylic acids is 1. The predicted octanol–water partition coefficient (Wildman–Crippen LogP) is 4.70. The van der Waals surface area contributed by atoms with Gasteiger partial charge >= 0.3 is 0 Å². The van der Waals surface area contributed by atoms with Crippen LogP contribution in [0.15, 0.2) is 86.1 Å². The van der Waals surface area contributed by atoms with E-state index in [4.69, 9.17) is 9.57 Å². The molecule has 7 rings (SSSR count). The van der Waals surface area contributed by atoms with Crippen LogP contribution in [0.2, 0.25) is 0 Å². The van der Waals surface area contributed by atoms with Crippen LogP contribution in [0.25, 0.3) is 16.8 Å². The van der Waals surface area contributed by atoms with Gasteiger partial charge in [-0.25, -0.2) is 24.5 Å². The molecular formula is C34H36N10O3. The number of pyridine rings is 1. The number of amides is 1. The maximum atomic E-state index is 12.4. The first-order chi connectivity index (χ1) is 23.0. The standard InChI is InChI=1S/C34H36N10O3/c1-4-34(45)40-26-17-27(30(46-3)18-29(26)42-13-11-41(2)12-14-42)39-31-19-33(36-21-35-31)44-28(10-15-47-44)24-7-5-6-23(16-24)25-8-9-32-37-22-38-43(32)20-25/h4-9,16-22,28H,1,10-15H2,2-3H3,(H,40,45)(H,35,36,39)/t28-/m1/s1. The lowest BCUT2D eigenvalue weighted by Gasteiger charge is -2.35. The van der Waals surface area contributed by atoms with Crippen LogP contribution < -0.4 is 25.3 Å². The molecule has 2 aliphatic rings. The van der Waals surface area contributed by atoms with E-state index in [2.05, 4.69) is 84.4 Å². The number of piperazine rings is 1. The van der Waals surface area contributed by atoms with Gasteiger partial charge in [-0.1, -0.05) is 24.8 Å². The van der Waals surface area contributed by atoms with Crippen molar-refractivity contribution in [3.8, 4) is 16.9 Å². The quantitative estimate of drug-likeness (QED) is 0.220. The Kier molecular flexibility index (Phi) is 8.38. The molecule has 0 unspecified atom stereocenters. The van der Waals surface area contributed by atoms with E-state index in [1.807, 2.05) is 35.5 Å². The van der Waals surface area contributed by atoms with E-state index in [9.17, 15) is 4.79 Å². The van der Waals surface area contributed by atoms with Gasteiger partial charge in [-0.3, -0.25) is 9.63 Å². The first kappa shape index (κ1) is 30.1. The van der Waals surface area contributed by atoms with Gasteiger partial charge < -0.3 is 25.2 Å². The molecule has 2 N–H and O–H groups in total. The SMILES string of the molecule is C=CC(=O)Nc1cc(Nc2cc(N3OCC[C@@H]3c3cccc(-c4ccc5ncnn5c4)c3)ncn2)c(OC)cc1N1CCN(C)CC1. The summed E-state index contributed by atoms with van der Waals surface area (Å²) in [4.78, 5) is 36.4. The zero-order valence-electron chi connectivity index (χ0n) is 26.3. The lowest BCUT2D eigenvalue weighted by atomic mass is 9.99. The zero-order valence-corrected chi connectivity index (χ0v) is 26.3. The van der Waals surface area contributed by atoms with Crippen LogP contribution in [0.4, 0.5) is 28.7 Å². The first-order valence-electron chi connectivity index (χ1n) is 15.5. The van der Waals surface area contributed by atoms with E-state index in [-0.39, 0.29) is 11.9 Å². The summed E-state index contributed by atoms with van der Waals surface area (Å²) >= 11 is 0. The molecule has 240 valence electrons. The Hall–Kier alpha value is -5.53. The number of methoxy groups -OCH3 is 1. The molecule has 0 saturated carbocycles. The van der Waals surface area contributed by atoms with E-state index in [1.165, 1.54) is 12.4 Å². The molecule has 2 fully saturated rings. The van der Waals surface area contributed by atoms with Crippen molar-refractivity contribution in [2.75, 3.05) is 67.5 Å². The van der Waals surface area contributed by atoms with Crippen LogP contribution in [0.5, 0.6) is 5.75 Å². The normalized spacial score (nSPS) is 16.8. The fourth-order valence-electron chi connectivity index (χ4n) is 6.01. The van der Waals surface area contributed by atoms with Gasteiger partial charge in [0.25, 0.3) is 0 Å². The summed E-state index contributed by atoms with van der Waals surface area (Å²) in [5.41, 5.74) is 6.21. The molecule has 13 heteroatoms. The molecule has 2 saturated heterocycles. The number of nitrogens with zero attached hydrogens (tertiary/aromatic N) is 8. The van der Waals surface area contributed by atoms with Crippen LogP contribution in [-0.4, -0.2) is 82.3 Å². The number of rotatable bonds is 9. The number of hydroxylamine groups is 1. The van der Waals surface area contributed by atoms with Crippen molar-refractivity contribution in [2.24, 2.45) is 0 Å². The molecule has 0 bridgehead atoms. The monoisotopic (exact) mass is 632 g/mol. The van der Waals surface area contributed by atoms with Gasteiger partial charge in [0.1, 0.15) is 24.2 Å². The van der Waals surface area contributed by atoms with E-state index in [1.54, 1.807) is 18.0 Å². The Balaban J connectivity index is 1.15. The van der Waals surface area contributed by atoms with Gasteiger partial charge in [0.2, 0.25) is 5.91 Å². The Bertz CT molecular complexity index is 1920. The number of hydrogen-bond acceptors (Lipinski definition) is 11. The molecule has 5 aromatic rings. The van der Waals surface area contributed by atoms with Gasteiger partial charge in [0.15, 0.2) is 11.5 Å². The predicted molar refractivity (Wildman–Crippen MR) is 181 cm³/mol. The Morgan fingerprint density at radius 3 is 2.70 bits per heavy atom. The Morgan fingerprint density at radius 2 is 1.87 bits per heavy atom. The molecular weight excluding hydrogens is 596 g/mol. The largest absolute Gasteiger partial charge is 0.494 e. The first-order valence-corrected chi connectivity index (χ1v) is 15.5. The second-order valence-electron chi connectivity index (χ2n) is 11.5. The van der Waals surface area contributed by atoms with Crippen LogP contribution in [-0.2, 0) is 9.63 Å². The molecule has 2 aromatic carbocycles. The van der Waals surface area contributed by atoms with Crippen LogP contribution in [0.3, 0.4) is 0 Å². The summed E-state index contributed by atoms with van der Waals surface area (Å²) < 4.78 is 7.58. The highest BCUT2D eigenvalue weighted by Gasteiger charge is 2.30. The average Bonchev–Trinajstić information content (AvgIpc) is 3.79. The van der Waals surface area contributed by atoms with Gasteiger partial charge in [-0.2, -0.15) is 5.10 Å². The number of fused-ring (bicyclic) bond motifs is 1. The van der Waals surface area contributed by atoms with Gasteiger partial charge in [0.05, 0.1) is 36.8 Å². The molecule has 0 aliphatic carbocycles. The van der Waals surface area contributed by atoms with Gasteiger partial charge in [0, 0.05) is 56.5 Å². The highest BCUT2D eigenvalue weighted by molar-refractivity contribution is 6.02. The third-order valence-corrected chi connectivity index (χ3v) is 8.53. The fraction of sp³-hybridized carbons (Fsp3) is 0.265. The van der Waals surface area contributed by atoms with Crippen molar-refractivity contribution >= 4 is 40.3 Å². The maximum Gasteiger partial charge on any atom is 0.247 e. The second kappa shape index (κ2) is 13.1. The van der Waals surface area contributed by atoms with E-state index < -0.39 is 0 Å². The Morgan fingerprint density at radius 1 is 1.00 bits per heavy atom. The third kappa shape index (κ3) is 6.30.